The Balaban J connectivity index is 1.99. The maximum atomic E-state index is 15.2. The van der Waals surface area contributed by atoms with E-state index in [0.717, 1.165) is 0 Å². The van der Waals surface area contributed by atoms with Crippen molar-refractivity contribution in [3.8, 4) is 0 Å². The summed E-state index contributed by atoms with van der Waals surface area (Å²) in [4.78, 5) is 6.07. The molecule has 0 fully saturated rings. The quantitative estimate of drug-likeness (QED) is 0.350. The van der Waals surface area contributed by atoms with Crippen molar-refractivity contribution < 1.29 is 13.2 Å². The number of fused-ring (bicyclic) bond motifs is 2. The minimum atomic E-state index is -4.58. The fourth-order valence-corrected chi connectivity index (χ4v) is 4.38. The molecule has 0 spiro atoms. The fraction of sp³-hybridized carbons (Fsp3) is 0.0833. The number of hydrogen-bond donors (Lipinski definition) is 2. The highest BCUT2D eigenvalue weighted by Crippen LogP contribution is 2.54. The Bertz CT molecular complexity index is 1220. The van der Waals surface area contributed by atoms with Gasteiger partial charge in [-0.05, 0) is 17.7 Å². The Labute approximate surface area is 165 Å². The third-order valence-electron chi connectivity index (χ3n) is 5.62. The zero-order chi connectivity index (χ0) is 20.1. The van der Waals surface area contributed by atoms with E-state index < -0.39 is 11.6 Å². The molecule has 0 aliphatic carbocycles. The normalized spacial score (nSPS) is 12.7. The molecule has 0 bridgehead atoms. The smallest absolute Gasteiger partial charge is 0.361 e. The van der Waals surface area contributed by atoms with Crippen molar-refractivity contribution in [3.63, 3.8) is 0 Å². The van der Waals surface area contributed by atoms with E-state index in [1.54, 1.807) is 66.7 Å². The molecule has 2 nitrogen and oxygen atoms in total. The van der Waals surface area contributed by atoms with Gasteiger partial charge in [0.1, 0.15) is 5.41 Å². The van der Waals surface area contributed by atoms with E-state index in [9.17, 15) is 0 Å². The van der Waals surface area contributed by atoms with Crippen LogP contribution >= 0.6 is 0 Å². The molecule has 0 amide bonds. The third kappa shape index (κ3) is 2.43. The van der Waals surface area contributed by atoms with Crippen molar-refractivity contribution in [1.29, 1.82) is 0 Å². The highest BCUT2D eigenvalue weighted by Gasteiger charge is 2.60. The van der Waals surface area contributed by atoms with E-state index in [1.807, 2.05) is 12.1 Å². The predicted octanol–water partition coefficient (Wildman–Crippen LogP) is 6.55. The van der Waals surface area contributed by atoms with Crippen LogP contribution in [0.5, 0.6) is 0 Å². The zero-order valence-electron chi connectivity index (χ0n) is 15.3. The van der Waals surface area contributed by atoms with Crippen LogP contribution in [0.4, 0.5) is 13.2 Å². The molecule has 0 unspecified atom stereocenters. The largest absolute Gasteiger partial charge is 0.406 e. The number of H-pyrrole nitrogens is 2. The summed E-state index contributed by atoms with van der Waals surface area (Å²) >= 11 is 0. The molecule has 5 heteroatoms. The number of hydrogen-bond acceptors (Lipinski definition) is 0. The molecule has 2 heterocycles. The number of nitrogens with one attached hydrogen (secondary N) is 2. The second-order valence-electron chi connectivity index (χ2n) is 7.11. The lowest BCUT2D eigenvalue weighted by molar-refractivity contribution is -0.165. The minimum absolute atomic E-state index is 0.182. The maximum absolute atomic E-state index is 15.2. The SMILES string of the molecule is FC(F)(F)C(c1ccccc1)(c1c[nH]c2ccccc12)c1c[nH]c2ccccc12. The van der Waals surface area contributed by atoms with Gasteiger partial charge in [0.05, 0.1) is 0 Å². The number of para-hydroxylation sites is 2. The van der Waals surface area contributed by atoms with Gasteiger partial charge in [0, 0.05) is 45.3 Å². The Hall–Kier alpha value is -3.47. The van der Waals surface area contributed by atoms with Crippen LogP contribution in [-0.4, -0.2) is 16.1 Å². The first kappa shape index (κ1) is 17.6. The van der Waals surface area contributed by atoms with E-state index in [2.05, 4.69) is 9.97 Å². The second kappa shape index (κ2) is 6.27. The van der Waals surface area contributed by atoms with Crippen LogP contribution in [0.3, 0.4) is 0 Å². The van der Waals surface area contributed by atoms with Crippen LogP contribution < -0.4 is 0 Å². The Kier molecular flexibility index (Phi) is 3.81. The van der Waals surface area contributed by atoms with Gasteiger partial charge in [-0.15, -0.1) is 0 Å². The number of rotatable bonds is 3. The van der Waals surface area contributed by atoms with E-state index in [0.29, 0.717) is 21.8 Å². The van der Waals surface area contributed by atoms with E-state index >= 15 is 13.2 Å². The van der Waals surface area contributed by atoms with Gasteiger partial charge in [-0.25, -0.2) is 0 Å². The Morgan fingerprint density at radius 3 is 1.48 bits per heavy atom. The van der Waals surface area contributed by atoms with E-state index in [4.69, 9.17) is 0 Å². The summed E-state index contributed by atoms with van der Waals surface area (Å²) < 4.78 is 45.6. The number of alkyl halides is 3. The lowest BCUT2D eigenvalue weighted by atomic mass is 9.68. The van der Waals surface area contributed by atoms with Crippen LogP contribution in [0.1, 0.15) is 16.7 Å². The first-order valence-electron chi connectivity index (χ1n) is 9.29. The summed E-state index contributed by atoms with van der Waals surface area (Å²) in [5.41, 5.74) is -0.415. The molecule has 0 atom stereocenters. The molecular formula is C24H17F3N2. The van der Waals surface area contributed by atoms with Crippen molar-refractivity contribution in [2.45, 2.75) is 11.6 Å². The van der Waals surface area contributed by atoms with E-state index in [1.165, 1.54) is 12.4 Å². The summed E-state index contributed by atoms with van der Waals surface area (Å²) in [7, 11) is 0. The van der Waals surface area contributed by atoms with Crippen LogP contribution in [-0.2, 0) is 5.41 Å². The van der Waals surface area contributed by atoms with Crippen molar-refractivity contribution in [2.75, 3.05) is 0 Å². The number of aromatic amines is 2. The first-order valence-corrected chi connectivity index (χ1v) is 9.29. The fourth-order valence-electron chi connectivity index (χ4n) is 4.38. The van der Waals surface area contributed by atoms with Gasteiger partial charge in [0.15, 0.2) is 0 Å². The van der Waals surface area contributed by atoms with Crippen molar-refractivity contribution in [3.05, 3.63) is 108 Å². The number of aromatic nitrogens is 2. The summed E-state index contributed by atoms with van der Waals surface area (Å²) in [6, 6.07) is 22.3. The van der Waals surface area contributed by atoms with Crippen molar-refractivity contribution >= 4 is 21.8 Å². The molecule has 0 saturated carbocycles. The minimum Gasteiger partial charge on any atom is -0.361 e. The lowest BCUT2D eigenvalue weighted by Gasteiger charge is -2.36. The molecule has 0 aliphatic rings. The monoisotopic (exact) mass is 390 g/mol. The molecule has 2 N–H and O–H groups in total. The standard InChI is InChI=1S/C24H17F3N2/c25-24(26,27)23(16-8-2-1-3-9-16,19-14-28-21-12-6-4-10-17(19)21)20-15-29-22-13-7-5-11-18(20)22/h1-15,28-29H. The van der Waals surface area contributed by atoms with Crippen molar-refractivity contribution in [2.24, 2.45) is 0 Å². The lowest BCUT2D eigenvalue weighted by Crippen LogP contribution is -2.44. The van der Waals surface area contributed by atoms with Crippen molar-refractivity contribution in [1.82, 2.24) is 9.97 Å². The van der Waals surface area contributed by atoms with Gasteiger partial charge in [0.25, 0.3) is 0 Å². The van der Waals surface area contributed by atoms with Crippen LogP contribution in [0.25, 0.3) is 21.8 Å². The van der Waals surface area contributed by atoms with E-state index in [-0.39, 0.29) is 16.7 Å². The summed E-state index contributed by atoms with van der Waals surface area (Å²) in [5, 5.41) is 1.11. The van der Waals surface area contributed by atoms with Gasteiger partial charge >= 0.3 is 6.18 Å². The summed E-state index contributed by atoms with van der Waals surface area (Å²) in [6.07, 6.45) is -1.59. The number of halogens is 3. The topological polar surface area (TPSA) is 31.6 Å². The highest BCUT2D eigenvalue weighted by atomic mass is 19.4. The molecular weight excluding hydrogens is 373 g/mol. The van der Waals surface area contributed by atoms with Gasteiger partial charge in [0.2, 0.25) is 0 Å². The molecule has 0 radical (unpaired) electrons. The van der Waals surface area contributed by atoms with Crippen LogP contribution in [0.2, 0.25) is 0 Å². The van der Waals surface area contributed by atoms with Gasteiger partial charge in [-0.2, -0.15) is 13.2 Å². The molecule has 2 aromatic heterocycles. The predicted molar refractivity (Wildman–Crippen MR) is 109 cm³/mol. The highest BCUT2D eigenvalue weighted by molar-refractivity contribution is 5.91. The molecule has 0 aliphatic heterocycles. The molecule has 0 saturated heterocycles. The second-order valence-corrected chi connectivity index (χ2v) is 7.11. The maximum Gasteiger partial charge on any atom is 0.406 e. The van der Waals surface area contributed by atoms with Crippen LogP contribution in [0, 0.1) is 0 Å². The third-order valence-corrected chi connectivity index (χ3v) is 5.62. The average molecular weight is 390 g/mol. The van der Waals surface area contributed by atoms with Gasteiger partial charge in [-0.3, -0.25) is 0 Å². The molecule has 3 aromatic carbocycles. The molecule has 5 rings (SSSR count). The summed E-state index contributed by atoms with van der Waals surface area (Å²) in [6.45, 7) is 0. The Morgan fingerprint density at radius 1 is 0.552 bits per heavy atom. The first-order chi connectivity index (χ1) is 14.0. The van der Waals surface area contributed by atoms with Gasteiger partial charge < -0.3 is 9.97 Å². The number of benzene rings is 3. The average Bonchev–Trinajstić information content (AvgIpc) is 3.34. The van der Waals surface area contributed by atoms with Crippen LogP contribution in [0.15, 0.2) is 91.3 Å². The zero-order valence-corrected chi connectivity index (χ0v) is 15.3. The molecule has 5 aromatic rings. The molecule has 144 valence electrons. The summed E-state index contributed by atoms with van der Waals surface area (Å²) in [5.74, 6) is 0. The van der Waals surface area contributed by atoms with Gasteiger partial charge in [-0.1, -0.05) is 66.7 Å². The Morgan fingerprint density at radius 2 is 1.00 bits per heavy atom. The molecule has 29 heavy (non-hydrogen) atoms.